The van der Waals surface area contributed by atoms with Crippen molar-refractivity contribution in [1.82, 2.24) is 24.6 Å². The van der Waals surface area contributed by atoms with Gasteiger partial charge in [-0.3, -0.25) is 4.68 Å². The summed E-state index contributed by atoms with van der Waals surface area (Å²) in [6.45, 7) is 4.66. The number of anilines is 1. The maximum absolute atomic E-state index is 14.4. The summed E-state index contributed by atoms with van der Waals surface area (Å²) in [4.78, 5) is 11.2. The predicted octanol–water partition coefficient (Wildman–Crippen LogP) is 5.86. The van der Waals surface area contributed by atoms with Crippen LogP contribution in [-0.4, -0.2) is 57.4 Å². The number of nitrogens with zero attached hydrogens (tertiary/aromatic N) is 5. The molecule has 0 amide bonds. The molecule has 2 aliphatic carbocycles. The summed E-state index contributed by atoms with van der Waals surface area (Å²) in [6, 6.07) is 4.79. The highest BCUT2D eigenvalue weighted by Gasteiger charge is 2.31. The van der Waals surface area contributed by atoms with Crippen molar-refractivity contribution in [1.29, 1.82) is 0 Å². The lowest BCUT2D eigenvalue weighted by Gasteiger charge is -2.32. The molecule has 3 aromatic rings. The first-order valence-corrected chi connectivity index (χ1v) is 13.5. The molecule has 0 spiro atoms. The van der Waals surface area contributed by atoms with E-state index >= 15 is 0 Å². The van der Waals surface area contributed by atoms with Crippen LogP contribution in [0.3, 0.4) is 0 Å². The van der Waals surface area contributed by atoms with Crippen molar-refractivity contribution >= 4 is 16.7 Å². The molecule has 7 nitrogen and oxygen atoms in total. The smallest absolute Gasteiger partial charge is 0.250 e. The quantitative estimate of drug-likeness (QED) is 0.444. The second-order valence-corrected chi connectivity index (χ2v) is 10.7. The summed E-state index contributed by atoms with van der Waals surface area (Å²) in [5.74, 6) is 1.15. The van der Waals surface area contributed by atoms with Gasteiger partial charge in [-0.15, -0.1) is 0 Å². The number of nitrogens with one attached hydrogen (secondary N) is 1. The highest BCUT2D eigenvalue weighted by molar-refractivity contribution is 5.84. The average Bonchev–Trinajstić information content (AvgIpc) is 3.26. The van der Waals surface area contributed by atoms with Crippen molar-refractivity contribution in [2.24, 2.45) is 0 Å². The first kappa shape index (κ1) is 24.9. The van der Waals surface area contributed by atoms with Crippen molar-refractivity contribution in [3.8, 4) is 5.88 Å². The number of ether oxygens (including phenoxy) is 1. The van der Waals surface area contributed by atoms with Crippen molar-refractivity contribution in [2.45, 2.75) is 89.3 Å². The molecule has 194 valence electrons. The Morgan fingerprint density at radius 3 is 2.53 bits per heavy atom. The minimum atomic E-state index is -0.352. The normalized spacial score (nSPS) is 24.8. The molecule has 36 heavy (non-hydrogen) atoms. The third kappa shape index (κ3) is 5.05. The molecule has 0 saturated heterocycles. The van der Waals surface area contributed by atoms with Gasteiger partial charge >= 0.3 is 0 Å². The van der Waals surface area contributed by atoms with Crippen LogP contribution in [-0.2, 0) is 0 Å². The number of aryl methyl sites for hydroxylation is 1. The van der Waals surface area contributed by atoms with Crippen LogP contribution < -0.4 is 10.1 Å². The number of hydrogen-bond donors (Lipinski definition) is 1. The van der Waals surface area contributed by atoms with Gasteiger partial charge in [0.05, 0.1) is 17.3 Å². The molecule has 0 aliphatic heterocycles. The monoisotopic (exact) mass is 494 g/mol. The lowest BCUT2D eigenvalue weighted by Crippen LogP contribution is -2.31. The predicted molar refractivity (Wildman–Crippen MR) is 141 cm³/mol. The topological polar surface area (TPSA) is 68.1 Å². The van der Waals surface area contributed by atoms with E-state index in [-0.39, 0.29) is 17.8 Å². The van der Waals surface area contributed by atoms with E-state index in [9.17, 15) is 4.39 Å². The van der Waals surface area contributed by atoms with Crippen LogP contribution in [0.15, 0.2) is 24.5 Å². The zero-order chi connectivity index (χ0) is 25.2. The van der Waals surface area contributed by atoms with Crippen LogP contribution in [0.25, 0.3) is 10.9 Å². The van der Waals surface area contributed by atoms with Gasteiger partial charge in [0.15, 0.2) is 5.82 Å². The van der Waals surface area contributed by atoms with E-state index in [1.54, 1.807) is 19.2 Å². The molecule has 3 aromatic heterocycles. The van der Waals surface area contributed by atoms with E-state index in [2.05, 4.69) is 47.0 Å². The maximum Gasteiger partial charge on any atom is 0.250 e. The highest BCUT2D eigenvalue weighted by atomic mass is 19.1. The average molecular weight is 495 g/mol. The second kappa shape index (κ2) is 10.7. The summed E-state index contributed by atoms with van der Waals surface area (Å²) in [5.41, 5.74) is 2.94. The van der Waals surface area contributed by atoms with Gasteiger partial charge < -0.3 is 15.0 Å². The fourth-order valence-electron chi connectivity index (χ4n) is 5.94. The van der Waals surface area contributed by atoms with E-state index in [0.29, 0.717) is 23.6 Å². The third-order valence-electron chi connectivity index (χ3n) is 8.11. The van der Waals surface area contributed by atoms with Gasteiger partial charge in [-0.2, -0.15) is 5.10 Å². The molecule has 0 radical (unpaired) electrons. The molecule has 2 saturated carbocycles. The number of aromatic nitrogens is 4. The van der Waals surface area contributed by atoms with Gasteiger partial charge in [0.25, 0.3) is 5.88 Å². The maximum atomic E-state index is 14.4. The van der Waals surface area contributed by atoms with Gasteiger partial charge in [0, 0.05) is 42.4 Å². The molecule has 2 aliphatic rings. The molecule has 8 heteroatoms. The van der Waals surface area contributed by atoms with Gasteiger partial charge in [-0.05, 0) is 90.9 Å². The van der Waals surface area contributed by atoms with Crippen molar-refractivity contribution in [3.63, 3.8) is 0 Å². The van der Waals surface area contributed by atoms with E-state index in [1.165, 1.54) is 42.3 Å². The van der Waals surface area contributed by atoms with Crippen LogP contribution in [0.2, 0.25) is 0 Å². The molecule has 1 N–H and O–H groups in total. The molecule has 2 fully saturated rings. The largest absolute Gasteiger partial charge is 0.472 e. The first-order chi connectivity index (χ1) is 17.4. The van der Waals surface area contributed by atoms with Gasteiger partial charge in [-0.1, -0.05) is 0 Å². The molecule has 0 unspecified atom stereocenters. The van der Waals surface area contributed by atoms with Crippen molar-refractivity contribution in [2.75, 3.05) is 26.0 Å². The minimum absolute atomic E-state index is 0.0216. The Labute approximate surface area is 213 Å². The van der Waals surface area contributed by atoms with Crippen LogP contribution in [0.4, 0.5) is 10.2 Å². The third-order valence-corrected chi connectivity index (χ3v) is 8.11. The summed E-state index contributed by atoms with van der Waals surface area (Å²) in [6.07, 6.45) is 12.0. The highest BCUT2D eigenvalue weighted by Crippen LogP contribution is 2.40. The molecular weight excluding hydrogens is 455 g/mol. The SMILES string of the molecule is CCNc1cc2c(cn1)c(C1CCC(N(C)C)CC1)nn2C1CCC(Oc2nccc(C)c2F)CC1. The van der Waals surface area contributed by atoms with Crippen LogP contribution in [0.5, 0.6) is 5.88 Å². The molecule has 0 aromatic carbocycles. The zero-order valence-corrected chi connectivity index (χ0v) is 22.0. The Hall–Kier alpha value is -2.74. The van der Waals surface area contributed by atoms with Crippen molar-refractivity contribution < 1.29 is 9.13 Å². The lowest BCUT2D eigenvalue weighted by molar-refractivity contribution is 0.120. The Balaban J connectivity index is 1.36. The molecular formula is C28H39FN6O. The van der Waals surface area contributed by atoms with E-state index in [0.717, 1.165) is 38.0 Å². The number of rotatable bonds is 7. The molecule has 3 heterocycles. The zero-order valence-electron chi connectivity index (χ0n) is 22.0. The number of hydrogen-bond acceptors (Lipinski definition) is 6. The lowest BCUT2D eigenvalue weighted by atomic mass is 9.83. The Bertz CT molecular complexity index is 1180. The molecule has 5 rings (SSSR count). The summed E-state index contributed by atoms with van der Waals surface area (Å²) < 4.78 is 22.6. The summed E-state index contributed by atoms with van der Waals surface area (Å²) in [7, 11) is 4.37. The first-order valence-electron chi connectivity index (χ1n) is 13.5. The van der Waals surface area contributed by atoms with E-state index in [4.69, 9.17) is 14.8 Å². The van der Waals surface area contributed by atoms with Gasteiger partial charge in [0.2, 0.25) is 0 Å². The molecule has 0 bridgehead atoms. The Morgan fingerprint density at radius 1 is 1.08 bits per heavy atom. The van der Waals surface area contributed by atoms with E-state index in [1.807, 2.05) is 6.20 Å². The number of fused-ring (bicyclic) bond motifs is 1. The minimum Gasteiger partial charge on any atom is -0.472 e. The second-order valence-electron chi connectivity index (χ2n) is 10.7. The van der Waals surface area contributed by atoms with E-state index < -0.39 is 0 Å². The van der Waals surface area contributed by atoms with Crippen molar-refractivity contribution in [3.05, 3.63) is 41.6 Å². The fraction of sp³-hybridized carbons (Fsp3) is 0.607. The Morgan fingerprint density at radius 2 is 1.83 bits per heavy atom. The number of pyridine rings is 2. The summed E-state index contributed by atoms with van der Waals surface area (Å²) >= 11 is 0. The van der Waals surface area contributed by atoms with Crippen LogP contribution in [0, 0.1) is 12.7 Å². The van der Waals surface area contributed by atoms with Crippen LogP contribution >= 0.6 is 0 Å². The number of halogens is 1. The molecule has 0 atom stereocenters. The van der Waals surface area contributed by atoms with Crippen LogP contribution in [0.1, 0.15) is 81.5 Å². The Kier molecular flexibility index (Phi) is 7.42. The van der Waals surface area contributed by atoms with Gasteiger partial charge in [-0.25, -0.2) is 14.4 Å². The fourth-order valence-corrected chi connectivity index (χ4v) is 5.94. The summed E-state index contributed by atoms with van der Waals surface area (Å²) in [5, 5.41) is 9.81. The van der Waals surface area contributed by atoms with Gasteiger partial charge in [0.1, 0.15) is 11.9 Å². The standard InChI is InChI=1S/C28H39FN6O/c1-5-30-25-16-24-23(17-32-25)27(19-6-8-20(9-7-19)34(3)4)33-35(24)21-10-12-22(13-11-21)36-28-26(29)18(2)14-15-31-28/h14-17,19-22H,5-13H2,1-4H3,(H,30,32).